The maximum absolute atomic E-state index is 12.6. The topological polar surface area (TPSA) is 0 Å². The summed E-state index contributed by atoms with van der Waals surface area (Å²) >= 11 is 0. The van der Waals surface area contributed by atoms with Gasteiger partial charge >= 0.3 is 0 Å². The molecule has 14 heavy (non-hydrogen) atoms. The van der Waals surface area contributed by atoms with Gasteiger partial charge in [0.15, 0.2) is 0 Å². The van der Waals surface area contributed by atoms with Gasteiger partial charge < -0.3 is 0 Å². The van der Waals surface area contributed by atoms with Crippen molar-refractivity contribution in [2.75, 3.05) is 0 Å². The van der Waals surface area contributed by atoms with Crippen LogP contribution < -0.4 is 0 Å². The maximum atomic E-state index is 12.6. The van der Waals surface area contributed by atoms with E-state index in [-0.39, 0.29) is 5.83 Å². The zero-order valence-electron chi connectivity index (χ0n) is 8.00. The summed E-state index contributed by atoms with van der Waals surface area (Å²) in [6, 6.07) is 14.0. The molecular formula is C13H11F. The van der Waals surface area contributed by atoms with Gasteiger partial charge in [0, 0.05) is 0 Å². The molecule has 0 fully saturated rings. The fourth-order valence-electron chi connectivity index (χ4n) is 1.53. The first kappa shape index (κ1) is 8.95. The van der Waals surface area contributed by atoms with E-state index < -0.39 is 0 Å². The summed E-state index contributed by atoms with van der Waals surface area (Å²) in [5.41, 5.74) is 0.906. The molecule has 0 spiro atoms. The molecule has 2 aromatic rings. The summed E-state index contributed by atoms with van der Waals surface area (Å²) < 4.78 is 12.6. The Hall–Kier alpha value is -1.63. The Labute approximate surface area is 82.7 Å². The fraction of sp³-hybridized carbons (Fsp3) is 0.0769. The summed E-state index contributed by atoms with van der Waals surface area (Å²) in [6.07, 6.45) is 1.53. The Balaban J connectivity index is 2.57. The summed E-state index contributed by atoms with van der Waals surface area (Å²) in [4.78, 5) is 0. The molecule has 0 unspecified atom stereocenters. The minimum Gasteiger partial charge on any atom is -0.212 e. The van der Waals surface area contributed by atoms with Crippen molar-refractivity contribution in [3.05, 3.63) is 53.9 Å². The minimum absolute atomic E-state index is 0.166. The number of benzene rings is 2. The molecular weight excluding hydrogens is 175 g/mol. The Kier molecular flexibility index (Phi) is 2.32. The highest BCUT2D eigenvalue weighted by Gasteiger charge is 1.93. The van der Waals surface area contributed by atoms with E-state index in [1.165, 1.54) is 18.4 Å². The molecule has 0 amide bonds. The van der Waals surface area contributed by atoms with Crippen LogP contribution in [0.2, 0.25) is 0 Å². The Morgan fingerprint density at radius 1 is 1.07 bits per heavy atom. The van der Waals surface area contributed by atoms with Crippen molar-refractivity contribution >= 4 is 16.8 Å². The van der Waals surface area contributed by atoms with Crippen LogP contribution >= 0.6 is 0 Å². The second kappa shape index (κ2) is 3.62. The molecule has 1 heteroatoms. The lowest BCUT2D eigenvalue weighted by atomic mass is 10.1. The molecule has 0 saturated carbocycles. The van der Waals surface area contributed by atoms with E-state index in [1.54, 1.807) is 0 Å². The molecule has 0 heterocycles. The zero-order chi connectivity index (χ0) is 9.97. The fourth-order valence-corrected chi connectivity index (χ4v) is 1.53. The Morgan fingerprint density at radius 2 is 1.79 bits per heavy atom. The third-order valence-corrected chi connectivity index (χ3v) is 2.14. The highest BCUT2D eigenvalue weighted by molar-refractivity contribution is 5.84. The first-order valence-electron chi connectivity index (χ1n) is 4.58. The predicted octanol–water partition coefficient (Wildman–Crippen LogP) is 4.17. The molecule has 0 aliphatic carbocycles. The van der Waals surface area contributed by atoms with Gasteiger partial charge in [0.1, 0.15) is 0 Å². The molecule has 0 saturated heterocycles. The van der Waals surface area contributed by atoms with Gasteiger partial charge in [0.05, 0.1) is 5.83 Å². The van der Waals surface area contributed by atoms with Crippen LogP contribution in [0.15, 0.2) is 48.3 Å². The van der Waals surface area contributed by atoms with Crippen LogP contribution in [0, 0.1) is 0 Å². The second-order valence-electron chi connectivity index (χ2n) is 3.34. The number of halogens is 1. The van der Waals surface area contributed by atoms with E-state index in [0.717, 1.165) is 10.9 Å². The van der Waals surface area contributed by atoms with Gasteiger partial charge in [0.2, 0.25) is 0 Å². The van der Waals surface area contributed by atoms with Crippen molar-refractivity contribution in [1.29, 1.82) is 0 Å². The van der Waals surface area contributed by atoms with Crippen molar-refractivity contribution in [2.24, 2.45) is 0 Å². The quantitative estimate of drug-likeness (QED) is 0.627. The molecule has 0 aromatic heterocycles. The van der Waals surface area contributed by atoms with E-state index in [0.29, 0.717) is 0 Å². The normalized spacial score (nSPS) is 12.0. The number of rotatable bonds is 1. The van der Waals surface area contributed by atoms with Gasteiger partial charge in [0.25, 0.3) is 0 Å². The van der Waals surface area contributed by atoms with Crippen molar-refractivity contribution in [3.63, 3.8) is 0 Å². The van der Waals surface area contributed by atoms with E-state index in [4.69, 9.17) is 0 Å². The van der Waals surface area contributed by atoms with Crippen molar-refractivity contribution < 1.29 is 4.39 Å². The highest BCUT2D eigenvalue weighted by Crippen LogP contribution is 2.17. The van der Waals surface area contributed by atoms with E-state index in [9.17, 15) is 4.39 Å². The van der Waals surface area contributed by atoms with Crippen molar-refractivity contribution in [3.8, 4) is 0 Å². The van der Waals surface area contributed by atoms with Gasteiger partial charge in [-0.3, -0.25) is 0 Å². The van der Waals surface area contributed by atoms with Crippen LogP contribution in [0.4, 0.5) is 4.39 Å². The van der Waals surface area contributed by atoms with E-state index in [1.807, 2.05) is 42.5 Å². The number of fused-ring (bicyclic) bond motifs is 1. The summed E-state index contributed by atoms with van der Waals surface area (Å²) in [5.74, 6) is -0.166. The highest BCUT2D eigenvalue weighted by atomic mass is 19.1. The third kappa shape index (κ3) is 1.82. The molecule has 0 nitrogen and oxygen atoms in total. The second-order valence-corrected chi connectivity index (χ2v) is 3.34. The lowest BCUT2D eigenvalue weighted by Crippen LogP contribution is -1.75. The molecule has 0 radical (unpaired) electrons. The van der Waals surface area contributed by atoms with Crippen molar-refractivity contribution in [1.82, 2.24) is 0 Å². The number of allylic oxidation sites excluding steroid dienone is 1. The van der Waals surface area contributed by atoms with Gasteiger partial charge in [-0.05, 0) is 35.4 Å². The standard InChI is InChI=1S/C13H11F/c1-10(14)8-11-6-7-12-4-2-3-5-13(12)9-11/h2-9H,1H3. The largest absolute Gasteiger partial charge is 0.212 e. The summed E-state index contributed by atoms with van der Waals surface area (Å²) in [5, 5.41) is 2.32. The van der Waals surface area contributed by atoms with Gasteiger partial charge in [-0.1, -0.05) is 36.4 Å². The van der Waals surface area contributed by atoms with Crippen LogP contribution in [0.5, 0.6) is 0 Å². The van der Waals surface area contributed by atoms with Crippen LogP contribution in [0.1, 0.15) is 12.5 Å². The van der Waals surface area contributed by atoms with Crippen LogP contribution in [0.25, 0.3) is 16.8 Å². The monoisotopic (exact) mass is 186 g/mol. The average molecular weight is 186 g/mol. The minimum atomic E-state index is -0.166. The van der Waals surface area contributed by atoms with Gasteiger partial charge in [-0.25, -0.2) is 4.39 Å². The van der Waals surface area contributed by atoms with Crippen LogP contribution in [-0.4, -0.2) is 0 Å². The lowest BCUT2D eigenvalue weighted by Gasteiger charge is -1.98. The molecule has 0 N–H and O–H groups in total. The molecule has 2 rings (SSSR count). The molecule has 2 aromatic carbocycles. The first-order valence-corrected chi connectivity index (χ1v) is 4.58. The number of hydrogen-bond acceptors (Lipinski definition) is 0. The third-order valence-electron chi connectivity index (χ3n) is 2.14. The summed E-state index contributed by atoms with van der Waals surface area (Å²) in [7, 11) is 0. The van der Waals surface area contributed by atoms with Crippen LogP contribution in [0.3, 0.4) is 0 Å². The van der Waals surface area contributed by atoms with Crippen LogP contribution in [-0.2, 0) is 0 Å². The summed E-state index contributed by atoms with van der Waals surface area (Å²) in [6.45, 7) is 1.45. The molecule has 0 atom stereocenters. The van der Waals surface area contributed by atoms with E-state index >= 15 is 0 Å². The Morgan fingerprint density at radius 3 is 2.50 bits per heavy atom. The van der Waals surface area contributed by atoms with Crippen molar-refractivity contribution in [2.45, 2.75) is 6.92 Å². The maximum Gasteiger partial charge on any atom is 0.0974 e. The van der Waals surface area contributed by atoms with E-state index in [2.05, 4.69) is 0 Å². The Bertz CT molecular complexity index is 479. The van der Waals surface area contributed by atoms with Gasteiger partial charge in [-0.2, -0.15) is 0 Å². The smallest absolute Gasteiger partial charge is 0.0974 e. The average Bonchev–Trinajstić information content (AvgIpc) is 2.17. The molecule has 0 bridgehead atoms. The molecule has 70 valence electrons. The molecule has 0 aliphatic rings. The predicted molar refractivity (Wildman–Crippen MR) is 58.7 cm³/mol. The molecule has 0 aliphatic heterocycles. The SMILES string of the molecule is CC(F)=Cc1ccc2ccccc2c1. The zero-order valence-corrected chi connectivity index (χ0v) is 8.00. The lowest BCUT2D eigenvalue weighted by molar-refractivity contribution is 0.648. The first-order chi connectivity index (χ1) is 6.75. The number of hydrogen-bond donors (Lipinski definition) is 0. The van der Waals surface area contributed by atoms with Gasteiger partial charge in [-0.15, -0.1) is 0 Å².